The molecule has 0 bridgehead atoms. The van der Waals surface area contributed by atoms with Crippen LogP contribution in [-0.4, -0.2) is 23.7 Å². The highest BCUT2D eigenvalue weighted by atomic mass is 16.4. The highest BCUT2D eigenvalue weighted by molar-refractivity contribution is 5.72. The molecule has 0 fully saturated rings. The van der Waals surface area contributed by atoms with Gasteiger partial charge < -0.3 is 10.4 Å². The molecule has 3 nitrogen and oxygen atoms in total. The van der Waals surface area contributed by atoms with E-state index >= 15 is 0 Å². The van der Waals surface area contributed by atoms with E-state index in [1.165, 1.54) is 19.3 Å². The van der Waals surface area contributed by atoms with Gasteiger partial charge in [-0.05, 0) is 18.8 Å². The molecule has 0 aromatic rings. The van der Waals surface area contributed by atoms with Crippen LogP contribution in [0.2, 0.25) is 0 Å². The Morgan fingerprint density at radius 2 is 2.00 bits per heavy atom. The SMILES string of the molecule is CCCCCC(C)(C)CNC(C)C(=O)O. The zero-order valence-electron chi connectivity index (χ0n) is 10.5. The van der Waals surface area contributed by atoms with Crippen LogP contribution in [-0.2, 0) is 4.79 Å². The van der Waals surface area contributed by atoms with E-state index in [0.29, 0.717) is 0 Å². The Labute approximate surface area is 93.3 Å². The standard InChI is InChI=1S/C12H25NO2/c1-5-6-7-8-12(3,4)9-13-10(2)11(14)15/h10,13H,5-9H2,1-4H3,(H,14,15). The Bertz CT molecular complexity index is 190. The first kappa shape index (κ1) is 14.4. The van der Waals surface area contributed by atoms with E-state index in [0.717, 1.165) is 13.0 Å². The predicted molar refractivity (Wildman–Crippen MR) is 63.0 cm³/mol. The van der Waals surface area contributed by atoms with Crippen molar-refractivity contribution in [1.29, 1.82) is 0 Å². The fourth-order valence-corrected chi connectivity index (χ4v) is 1.46. The molecule has 15 heavy (non-hydrogen) atoms. The number of carbonyl (C=O) groups is 1. The van der Waals surface area contributed by atoms with E-state index in [1.54, 1.807) is 6.92 Å². The summed E-state index contributed by atoms with van der Waals surface area (Å²) in [5.41, 5.74) is 0.193. The van der Waals surface area contributed by atoms with Gasteiger partial charge in [-0.2, -0.15) is 0 Å². The molecule has 0 amide bonds. The zero-order valence-corrected chi connectivity index (χ0v) is 10.5. The van der Waals surface area contributed by atoms with E-state index in [2.05, 4.69) is 26.1 Å². The summed E-state index contributed by atoms with van der Waals surface area (Å²) in [4.78, 5) is 10.6. The van der Waals surface area contributed by atoms with Gasteiger partial charge in [0.05, 0.1) is 0 Å². The third kappa shape index (κ3) is 7.37. The maximum atomic E-state index is 10.6. The third-order valence-electron chi connectivity index (χ3n) is 2.71. The van der Waals surface area contributed by atoms with Crippen LogP contribution in [0.3, 0.4) is 0 Å². The van der Waals surface area contributed by atoms with Crippen molar-refractivity contribution in [2.45, 2.75) is 59.4 Å². The molecule has 0 aromatic carbocycles. The van der Waals surface area contributed by atoms with Gasteiger partial charge in [0.25, 0.3) is 0 Å². The molecule has 0 spiro atoms. The molecule has 0 radical (unpaired) electrons. The number of hydrogen-bond acceptors (Lipinski definition) is 2. The van der Waals surface area contributed by atoms with Gasteiger partial charge in [0.15, 0.2) is 0 Å². The summed E-state index contributed by atoms with van der Waals surface area (Å²) >= 11 is 0. The first-order valence-electron chi connectivity index (χ1n) is 5.85. The van der Waals surface area contributed by atoms with Gasteiger partial charge in [0.2, 0.25) is 0 Å². The number of hydrogen-bond donors (Lipinski definition) is 2. The Kier molecular flexibility index (Phi) is 6.57. The maximum absolute atomic E-state index is 10.6. The smallest absolute Gasteiger partial charge is 0.320 e. The summed E-state index contributed by atoms with van der Waals surface area (Å²) in [6.45, 7) is 9.01. The molecule has 0 aliphatic carbocycles. The molecule has 0 aliphatic heterocycles. The molecule has 3 heteroatoms. The van der Waals surface area contributed by atoms with E-state index in [-0.39, 0.29) is 5.41 Å². The van der Waals surface area contributed by atoms with Crippen LogP contribution in [0.4, 0.5) is 0 Å². The molecule has 0 saturated carbocycles. The molecule has 90 valence electrons. The first-order valence-corrected chi connectivity index (χ1v) is 5.85. The van der Waals surface area contributed by atoms with Gasteiger partial charge in [0, 0.05) is 6.54 Å². The van der Waals surface area contributed by atoms with Gasteiger partial charge in [-0.1, -0.05) is 40.0 Å². The second-order valence-electron chi connectivity index (χ2n) is 5.06. The van der Waals surface area contributed by atoms with Crippen LogP contribution in [0.1, 0.15) is 53.4 Å². The minimum Gasteiger partial charge on any atom is -0.480 e. The van der Waals surface area contributed by atoms with E-state index < -0.39 is 12.0 Å². The number of rotatable bonds is 8. The second-order valence-corrected chi connectivity index (χ2v) is 5.06. The molecule has 0 heterocycles. The minimum atomic E-state index is -0.778. The normalized spacial score (nSPS) is 13.9. The van der Waals surface area contributed by atoms with Crippen LogP contribution in [0.25, 0.3) is 0 Å². The van der Waals surface area contributed by atoms with Crippen molar-refractivity contribution >= 4 is 5.97 Å². The summed E-state index contributed by atoms with van der Waals surface area (Å²) in [5, 5.41) is 11.8. The fraction of sp³-hybridized carbons (Fsp3) is 0.917. The molecule has 1 unspecified atom stereocenters. The monoisotopic (exact) mass is 215 g/mol. The van der Waals surface area contributed by atoms with Crippen molar-refractivity contribution in [3.8, 4) is 0 Å². The Hall–Kier alpha value is -0.570. The largest absolute Gasteiger partial charge is 0.480 e. The number of carboxylic acid groups (broad SMARTS) is 1. The molecule has 0 aromatic heterocycles. The van der Waals surface area contributed by atoms with E-state index in [4.69, 9.17) is 5.11 Å². The average Bonchev–Trinajstić information content (AvgIpc) is 2.14. The van der Waals surface area contributed by atoms with Gasteiger partial charge in [0.1, 0.15) is 6.04 Å². The van der Waals surface area contributed by atoms with Gasteiger partial charge >= 0.3 is 5.97 Å². The van der Waals surface area contributed by atoms with Gasteiger partial charge in [-0.3, -0.25) is 4.79 Å². The summed E-state index contributed by atoms with van der Waals surface area (Å²) < 4.78 is 0. The van der Waals surface area contributed by atoms with Crippen molar-refractivity contribution < 1.29 is 9.90 Å². The average molecular weight is 215 g/mol. The number of carboxylic acids is 1. The zero-order chi connectivity index (χ0) is 11.9. The van der Waals surface area contributed by atoms with Crippen molar-refractivity contribution in [3.63, 3.8) is 0 Å². The van der Waals surface area contributed by atoms with E-state index in [9.17, 15) is 4.79 Å². The number of nitrogens with one attached hydrogen (secondary N) is 1. The minimum absolute atomic E-state index is 0.193. The lowest BCUT2D eigenvalue weighted by molar-refractivity contribution is -0.139. The van der Waals surface area contributed by atoms with Crippen LogP contribution < -0.4 is 5.32 Å². The van der Waals surface area contributed by atoms with Crippen LogP contribution in [0.5, 0.6) is 0 Å². The topological polar surface area (TPSA) is 49.3 Å². The van der Waals surface area contributed by atoms with Crippen molar-refractivity contribution in [1.82, 2.24) is 5.32 Å². The molecule has 0 aliphatic rings. The third-order valence-corrected chi connectivity index (χ3v) is 2.71. The molecule has 2 N–H and O–H groups in total. The van der Waals surface area contributed by atoms with Crippen molar-refractivity contribution in [3.05, 3.63) is 0 Å². The van der Waals surface area contributed by atoms with Crippen LogP contribution >= 0.6 is 0 Å². The van der Waals surface area contributed by atoms with Gasteiger partial charge in [-0.15, -0.1) is 0 Å². The van der Waals surface area contributed by atoms with Crippen molar-refractivity contribution in [2.24, 2.45) is 5.41 Å². The molecule has 1 atom stereocenters. The highest BCUT2D eigenvalue weighted by Gasteiger charge is 2.19. The maximum Gasteiger partial charge on any atom is 0.320 e. The Morgan fingerprint density at radius 1 is 1.40 bits per heavy atom. The summed E-state index contributed by atoms with van der Waals surface area (Å²) in [6, 6.07) is -0.449. The summed E-state index contributed by atoms with van der Waals surface area (Å²) in [7, 11) is 0. The Balaban J connectivity index is 3.77. The van der Waals surface area contributed by atoms with Crippen LogP contribution in [0.15, 0.2) is 0 Å². The Morgan fingerprint density at radius 3 is 2.47 bits per heavy atom. The molecule has 0 rings (SSSR count). The van der Waals surface area contributed by atoms with E-state index in [1.807, 2.05) is 0 Å². The lowest BCUT2D eigenvalue weighted by Crippen LogP contribution is -2.39. The quantitative estimate of drug-likeness (QED) is 0.612. The first-order chi connectivity index (χ1) is 6.89. The molecule has 0 saturated heterocycles. The number of unbranched alkanes of at least 4 members (excludes halogenated alkanes) is 2. The van der Waals surface area contributed by atoms with Crippen LogP contribution in [0, 0.1) is 5.41 Å². The van der Waals surface area contributed by atoms with Gasteiger partial charge in [-0.25, -0.2) is 0 Å². The lowest BCUT2D eigenvalue weighted by atomic mass is 9.86. The van der Waals surface area contributed by atoms with Crippen molar-refractivity contribution in [2.75, 3.05) is 6.54 Å². The second kappa shape index (κ2) is 6.83. The number of aliphatic carboxylic acids is 1. The predicted octanol–water partition coefficient (Wildman–Crippen LogP) is 2.66. The lowest BCUT2D eigenvalue weighted by Gasteiger charge is -2.26. The fourth-order valence-electron chi connectivity index (χ4n) is 1.46. The highest BCUT2D eigenvalue weighted by Crippen LogP contribution is 2.22. The molecular weight excluding hydrogens is 190 g/mol. The summed E-state index contributed by atoms with van der Waals surface area (Å²) in [5.74, 6) is -0.778. The summed E-state index contributed by atoms with van der Waals surface area (Å²) in [6.07, 6.45) is 4.87. The molecular formula is C12H25NO2.